The van der Waals surface area contributed by atoms with Crippen molar-refractivity contribution in [3.05, 3.63) is 24.0 Å². The number of anilines is 1. The summed E-state index contributed by atoms with van der Waals surface area (Å²) in [5, 5.41) is 6.02. The number of pyridine rings is 1. The van der Waals surface area contributed by atoms with Gasteiger partial charge in [-0.3, -0.25) is 4.79 Å². The molecule has 0 saturated carbocycles. The zero-order chi connectivity index (χ0) is 13.0. The van der Waals surface area contributed by atoms with Gasteiger partial charge in [-0.15, -0.1) is 0 Å². The van der Waals surface area contributed by atoms with Crippen molar-refractivity contribution in [1.29, 1.82) is 0 Å². The molecule has 5 nitrogen and oxygen atoms in total. The number of aromatic nitrogens is 1. The van der Waals surface area contributed by atoms with Crippen LogP contribution in [-0.2, 0) is 4.74 Å². The lowest BCUT2D eigenvalue weighted by Crippen LogP contribution is -2.49. The number of carbonyl (C=O) groups is 1. The van der Waals surface area contributed by atoms with Crippen molar-refractivity contribution >= 4 is 11.6 Å². The maximum absolute atomic E-state index is 12.1. The Morgan fingerprint density at radius 2 is 2.11 bits per heavy atom. The van der Waals surface area contributed by atoms with Crippen molar-refractivity contribution in [2.75, 3.05) is 25.6 Å². The average molecular weight is 249 g/mol. The Morgan fingerprint density at radius 3 is 2.67 bits per heavy atom. The third-order valence-electron chi connectivity index (χ3n) is 3.30. The molecule has 0 unspecified atom stereocenters. The van der Waals surface area contributed by atoms with Gasteiger partial charge in [-0.25, -0.2) is 4.98 Å². The lowest BCUT2D eigenvalue weighted by Gasteiger charge is -2.34. The summed E-state index contributed by atoms with van der Waals surface area (Å²) in [7, 11) is 1.82. The molecule has 1 aliphatic heterocycles. The molecule has 1 aromatic heterocycles. The van der Waals surface area contributed by atoms with Crippen LogP contribution < -0.4 is 10.6 Å². The topological polar surface area (TPSA) is 63.2 Å². The quantitative estimate of drug-likeness (QED) is 0.850. The maximum atomic E-state index is 12.1. The summed E-state index contributed by atoms with van der Waals surface area (Å²) in [5.41, 5.74) is 1.16. The summed E-state index contributed by atoms with van der Waals surface area (Å²) >= 11 is 0. The lowest BCUT2D eigenvalue weighted by atomic mass is 9.92. The second-order valence-corrected chi connectivity index (χ2v) is 4.81. The molecule has 0 aromatic carbocycles. The molecule has 18 heavy (non-hydrogen) atoms. The third-order valence-corrected chi connectivity index (χ3v) is 3.30. The van der Waals surface area contributed by atoms with Crippen LogP contribution in [-0.4, -0.2) is 36.7 Å². The fourth-order valence-corrected chi connectivity index (χ4v) is 1.96. The van der Waals surface area contributed by atoms with Crippen LogP contribution >= 0.6 is 0 Å². The van der Waals surface area contributed by atoms with Gasteiger partial charge in [0, 0.05) is 25.8 Å². The van der Waals surface area contributed by atoms with Gasteiger partial charge in [0.05, 0.1) is 11.9 Å². The minimum absolute atomic E-state index is 0.123. The predicted octanol–water partition coefficient (Wildman–Crippen LogP) is 1.42. The van der Waals surface area contributed by atoms with Crippen molar-refractivity contribution in [3.63, 3.8) is 0 Å². The molecule has 98 valence electrons. The minimum atomic E-state index is -0.182. The standard InChI is InChI=1S/C13H19N3O2/c1-13(5-7-18-8-6-13)16-12(17)11-4-3-10(14-2)9-15-11/h3-4,9,14H,5-8H2,1-2H3,(H,16,17). The first-order chi connectivity index (χ1) is 8.63. The number of rotatable bonds is 3. The van der Waals surface area contributed by atoms with Gasteiger partial charge in [-0.1, -0.05) is 0 Å². The Morgan fingerprint density at radius 1 is 1.39 bits per heavy atom. The zero-order valence-electron chi connectivity index (χ0n) is 10.8. The Bertz CT molecular complexity index is 411. The van der Waals surface area contributed by atoms with E-state index in [0.717, 1.165) is 18.5 Å². The number of nitrogens with one attached hydrogen (secondary N) is 2. The molecule has 2 rings (SSSR count). The van der Waals surface area contributed by atoms with Crippen molar-refractivity contribution in [2.24, 2.45) is 0 Å². The molecule has 1 aromatic rings. The second-order valence-electron chi connectivity index (χ2n) is 4.81. The third kappa shape index (κ3) is 2.98. The highest BCUT2D eigenvalue weighted by Crippen LogP contribution is 2.20. The van der Waals surface area contributed by atoms with E-state index in [2.05, 4.69) is 22.5 Å². The first-order valence-electron chi connectivity index (χ1n) is 6.17. The SMILES string of the molecule is CNc1ccc(C(=O)NC2(C)CCOCC2)nc1. The van der Waals surface area contributed by atoms with Gasteiger partial charge in [-0.05, 0) is 31.9 Å². The van der Waals surface area contributed by atoms with Gasteiger partial charge in [0.15, 0.2) is 0 Å². The van der Waals surface area contributed by atoms with Gasteiger partial charge in [0.25, 0.3) is 5.91 Å². The highest BCUT2D eigenvalue weighted by molar-refractivity contribution is 5.92. The van der Waals surface area contributed by atoms with E-state index in [1.165, 1.54) is 0 Å². The summed E-state index contributed by atoms with van der Waals surface area (Å²) in [6.07, 6.45) is 3.34. The van der Waals surface area contributed by atoms with Crippen molar-refractivity contribution in [2.45, 2.75) is 25.3 Å². The van der Waals surface area contributed by atoms with Crippen molar-refractivity contribution in [3.8, 4) is 0 Å². The molecule has 0 spiro atoms. The van der Waals surface area contributed by atoms with Gasteiger partial charge >= 0.3 is 0 Å². The number of amides is 1. The lowest BCUT2D eigenvalue weighted by molar-refractivity contribution is 0.0421. The first-order valence-corrected chi connectivity index (χ1v) is 6.17. The molecule has 1 fully saturated rings. The molecule has 0 atom stereocenters. The fourth-order valence-electron chi connectivity index (χ4n) is 1.96. The number of hydrogen-bond acceptors (Lipinski definition) is 4. The van der Waals surface area contributed by atoms with Crippen molar-refractivity contribution < 1.29 is 9.53 Å². The highest BCUT2D eigenvalue weighted by Gasteiger charge is 2.29. The van der Waals surface area contributed by atoms with E-state index in [4.69, 9.17) is 4.74 Å². The van der Waals surface area contributed by atoms with E-state index >= 15 is 0 Å². The molecule has 1 saturated heterocycles. The largest absolute Gasteiger partial charge is 0.387 e. The smallest absolute Gasteiger partial charge is 0.270 e. The molecule has 2 heterocycles. The van der Waals surface area contributed by atoms with Gasteiger partial charge in [0.2, 0.25) is 0 Å². The van der Waals surface area contributed by atoms with Gasteiger partial charge in [-0.2, -0.15) is 0 Å². The van der Waals surface area contributed by atoms with E-state index < -0.39 is 0 Å². The van der Waals surface area contributed by atoms with E-state index in [0.29, 0.717) is 18.9 Å². The zero-order valence-corrected chi connectivity index (χ0v) is 10.8. The number of hydrogen-bond donors (Lipinski definition) is 2. The number of carbonyl (C=O) groups excluding carboxylic acids is 1. The average Bonchev–Trinajstić information content (AvgIpc) is 2.39. The summed E-state index contributed by atoms with van der Waals surface area (Å²) in [6, 6.07) is 3.57. The normalized spacial score (nSPS) is 18.1. The fraction of sp³-hybridized carbons (Fsp3) is 0.538. The summed E-state index contributed by atoms with van der Waals surface area (Å²) in [5.74, 6) is -0.123. The molecule has 1 aliphatic rings. The summed E-state index contributed by atoms with van der Waals surface area (Å²) in [4.78, 5) is 16.2. The first kappa shape index (κ1) is 12.8. The van der Waals surface area contributed by atoms with Crippen LogP contribution in [0, 0.1) is 0 Å². The van der Waals surface area contributed by atoms with Crippen LogP contribution in [0.25, 0.3) is 0 Å². The Hall–Kier alpha value is -1.62. The minimum Gasteiger partial charge on any atom is -0.387 e. The Kier molecular flexibility index (Phi) is 3.81. The number of nitrogens with zero attached hydrogens (tertiary/aromatic N) is 1. The van der Waals surface area contributed by atoms with Crippen LogP contribution in [0.5, 0.6) is 0 Å². The Labute approximate surface area is 107 Å². The van der Waals surface area contributed by atoms with E-state index in [1.807, 2.05) is 13.1 Å². The van der Waals surface area contributed by atoms with E-state index in [1.54, 1.807) is 12.3 Å². The summed E-state index contributed by atoms with van der Waals surface area (Å²) in [6.45, 7) is 3.45. The monoisotopic (exact) mass is 249 g/mol. The van der Waals surface area contributed by atoms with Crippen LogP contribution in [0.15, 0.2) is 18.3 Å². The van der Waals surface area contributed by atoms with Crippen molar-refractivity contribution in [1.82, 2.24) is 10.3 Å². The molecule has 0 radical (unpaired) electrons. The molecule has 5 heteroatoms. The van der Waals surface area contributed by atoms with Crippen LogP contribution in [0.2, 0.25) is 0 Å². The Balaban J connectivity index is 2.02. The molecular formula is C13H19N3O2. The molecule has 2 N–H and O–H groups in total. The van der Waals surface area contributed by atoms with Gasteiger partial charge in [0.1, 0.15) is 5.69 Å². The maximum Gasteiger partial charge on any atom is 0.270 e. The van der Waals surface area contributed by atoms with Gasteiger partial charge < -0.3 is 15.4 Å². The van der Waals surface area contributed by atoms with E-state index in [9.17, 15) is 4.79 Å². The number of ether oxygens (including phenoxy) is 1. The molecular weight excluding hydrogens is 230 g/mol. The predicted molar refractivity (Wildman–Crippen MR) is 69.7 cm³/mol. The second kappa shape index (κ2) is 5.35. The van der Waals surface area contributed by atoms with Crippen LogP contribution in [0.4, 0.5) is 5.69 Å². The highest BCUT2D eigenvalue weighted by atomic mass is 16.5. The van der Waals surface area contributed by atoms with E-state index in [-0.39, 0.29) is 11.4 Å². The molecule has 1 amide bonds. The molecule has 0 bridgehead atoms. The van der Waals surface area contributed by atoms with Crippen LogP contribution in [0.3, 0.4) is 0 Å². The van der Waals surface area contributed by atoms with Crippen LogP contribution in [0.1, 0.15) is 30.3 Å². The molecule has 0 aliphatic carbocycles. The summed E-state index contributed by atoms with van der Waals surface area (Å²) < 4.78 is 5.31.